The molecule has 4 nitrogen and oxygen atoms in total. The van der Waals surface area contributed by atoms with Crippen LogP contribution in [0.1, 0.15) is 13.8 Å². The van der Waals surface area contributed by atoms with Gasteiger partial charge in [-0.2, -0.15) is 0 Å². The maximum Gasteiger partial charge on any atom is 0.403 e. The van der Waals surface area contributed by atoms with Crippen molar-refractivity contribution in [1.29, 1.82) is 0 Å². The molecule has 5 heteroatoms. The average molecular weight is 195 g/mol. The van der Waals surface area contributed by atoms with Crippen molar-refractivity contribution < 1.29 is 19.1 Å². The molecular weight excluding hydrogens is 184 g/mol. The van der Waals surface area contributed by atoms with Crippen LogP contribution >= 0.6 is 11.6 Å². The second-order valence-electron chi connectivity index (χ2n) is 2.90. The molecule has 0 rings (SSSR count). The topological polar surface area (TPSA) is 52.6 Å². The summed E-state index contributed by atoms with van der Waals surface area (Å²) in [7, 11) is 1.27. The number of hydrogen-bond donors (Lipinski definition) is 0. The van der Waals surface area contributed by atoms with E-state index in [-0.39, 0.29) is 6.61 Å². The number of esters is 1. The Morgan fingerprint density at radius 2 is 1.92 bits per heavy atom. The molecule has 0 unspecified atom stereocenters. The lowest BCUT2D eigenvalue weighted by atomic mass is 9.95. The fourth-order valence-corrected chi connectivity index (χ4v) is 0.627. The Morgan fingerprint density at radius 3 is 2.25 bits per heavy atom. The number of methoxy groups -OCH3 is 1. The van der Waals surface area contributed by atoms with Crippen LogP contribution in [0.2, 0.25) is 0 Å². The molecule has 0 saturated heterocycles. The summed E-state index contributed by atoms with van der Waals surface area (Å²) >= 11 is 4.92. The Kier molecular flexibility index (Phi) is 4.03. The minimum absolute atomic E-state index is 0.0813. The lowest BCUT2D eigenvalue weighted by molar-refractivity contribution is -0.152. The molecule has 0 amide bonds. The Morgan fingerprint density at radius 1 is 1.42 bits per heavy atom. The minimum atomic E-state index is -0.924. The highest BCUT2D eigenvalue weighted by Crippen LogP contribution is 2.17. The number of carbonyl (C=O) groups is 2. The van der Waals surface area contributed by atoms with Gasteiger partial charge in [0, 0.05) is 11.6 Å². The van der Waals surface area contributed by atoms with Crippen LogP contribution in [-0.2, 0) is 14.3 Å². The van der Waals surface area contributed by atoms with Crippen molar-refractivity contribution in [2.45, 2.75) is 13.8 Å². The van der Waals surface area contributed by atoms with Crippen molar-refractivity contribution in [2.24, 2.45) is 5.41 Å². The maximum atomic E-state index is 11.0. The first-order valence-corrected chi connectivity index (χ1v) is 3.68. The van der Waals surface area contributed by atoms with E-state index < -0.39 is 16.8 Å². The first-order valence-electron chi connectivity index (χ1n) is 3.31. The molecule has 70 valence electrons. The van der Waals surface area contributed by atoms with Gasteiger partial charge in [0.25, 0.3) is 0 Å². The smallest absolute Gasteiger partial charge is 0.403 e. The number of rotatable bonds is 3. The summed E-state index contributed by atoms with van der Waals surface area (Å²) in [6, 6.07) is 0. The van der Waals surface area contributed by atoms with E-state index in [4.69, 9.17) is 11.6 Å². The van der Waals surface area contributed by atoms with E-state index in [0.717, 1.165) is 0 Å². The van der Waals surface area contributed by atoms with Crippen LogP contribution in [0.3, 0.4) is 0 Å². The molecular formula is C7H11ClO4. The van der Waals surface area contributed by atoms with E-state index in [1.165, 1.54) is 7.11 Å². The van der Waals surface area contributed by atoms with Gasteiger partial charge in [0.2, 0.25) is 0 Å². The zero-order chi connectivity index (χ0) is 9.78. The molecule has 12 heavy (non-hydrogen) atoms. The predicted molar refractivity (Wildman–Crippen MR) is 43.0 cm³/mol. The van der Waals surface area contributed by atoms with E-state index in [0.29, 0.717) is 0 Å². The third-order valence-corrected chi connectivity index (χ3v) is 1.39. The molecule has 0 spiro atoms. The van der Waals surface area contributed by atoms with Crippen LogP contribution in [0, 0.1) is 5.41 Å². The van der Waals surface area contributed by atoms with E-state index in [2.05, 4.69) is 9.47 Å². The molecule has 0 bridgehead atoms. The molecule has 0 saturated carbocycles. The van der Waals surface area contributed by atoms with Gasteiger partial charge in [-0.1, -0.05) is 0 Å². The fourth-order valence-electron chi connectivity index (χ4n) is 0.572. The van der Waals surface area contributed by atoms with Gasteiger partial charge in [0.1, 0.15) is 6.61 Å². The van der Waals surface area contributed by atoms with Crippen molar-refractivity contribution >= 4 is 23.0 Å². The third kappa shape index (κ3) is 3.57. The molecule has 0 aromatic heterocycles. The Labute approximate surface area is 75.8 Å². The van der Waals surface area contributed by atoms with Gasteiger partial charge >= 0.3 is 11.4 Å². The van der Waals surface area contributed by atoms with E-state index in [1.807, 2.05) is 0 Å². The molecule has 0 aromatic rings. The summed E-state index contributed by atoms with van der Waals surface area (Å²) in [5.41, 5.74) is -1.77. The first kappa shape index (κ1) is 11.2. The van der Waals surface area contributed by atoms with Crippen LogP contribution in [0.25, 0.3) is 0 Å². The molecule has 0 atom stereocenters. The SMILES string of the molecule is COC(=O)C(C)(C)COC(=O)Cl. The lowest BCUT2D eigenvalue weighted by Gasteiger charge is -2.19. The van der Waals surface area contributed by atoms with Crippen LogP contribution in [0.4, 0.5) is 4.79 Å². The largest absolute Gasteiger partial charge is 0.469 e. The van der Waals surface area contributed by atoms with Crippen LogP contribution in [0.5, 0.6) is 0 Å². The Balaban J connectivity index is 4.03. The standard InChI is InChI=1S/C7H11ClO4/c1-7(2,5(9)11-3)4-12-6(8)10/h4H2,1-3H3. The normalized spacial score (nSPS) is 10.7. The summed E-state index contributed by atoms with van der Waals surface area (Å²) in [6.07, 6.45) is 0. The summed E-state index contributed by atoms with van der Waals surface area (Å²) in [6.45, 7) is 3.11. The summed E-state index contributed by atoms with van der Waals surface area (Å²) < 4.78 is 8.93. The summed E-state index contributed by atoms with van der Waals surface area (Å²) in [5.74, 6) is -0.444. The Bertz CT molecular complexity index is 188. The number of carbonyl (C=O) groups excluding carboxylic acids is 2. The van der Waals surface area contributed by atoms with E-state index in [9.17, 15) is 9.59 Å². The second kappa shape index (κ2) is 4.30. The molecule has 0 aromatic carbocycles. The van der Waals surface area contributed by atoms with Crippen molar-refractivity contribution in [3.63, 3.8) is 0 Å². The highest BCUT2D eigenvalue weighted by atomic mass is 35.5. The summed E-state index contributed by atoms with van der Waals surface area (Å²) in [4.78, 5) is 21.2. The molecule has 0 aliphatic carbocycles. The molecule has 0 aliphatic heterocycles. The third-order valence-electron chi connectivity index (χ3n) is 1.28. The van der Waals surface area contributed by atoms with E-state index in [1.54, 1.807) is 13.8 Å². The molecule has 0 N–H and O–H groups in total. The maximum absolute atomic E-state index is 11.0. The minimum Gasteiger partial charge on any atom is -0.469 e. The highest BCUT2D eigenvalue weighted by Gasteiger charge is 2.30. The van der Waals surface area contributed by atoms with Crippen molar-refractivity contribution in [3.8, 4) is 0 Å². The average Bonchev–Trinajstić information content (AvgIpc) is 1.99. The van der Waals surface area contributed by atoms with Crippen LogP contribution in [0.15, 0.2) is 0 Å². The molecule has 0 aliphatic rings. The Hall–Kier alpha value is -0.770. The fraction of sp³-hybridized carbons (Fsp3) is 0.714. The van der Waals surface area contributed by atoms with Crippen LogP contribution < -0.4 is 0 Å². The van der Waals surface area contributed by atoms with Gasteiger partial charge in [-0.15, -0.1) is 0 Å². The molecule has 0 heterocycles. The molecule has 0 fully saturated rings. The highest BCUT2D eigenvalue weighted by molar-refractivity contribution is 6.61. The predicted octanol–water partition coefficient (Wildman–Crippen LogP) is 1.56. The van der Waals surface area contributed by atoms with Crippen molar-refractivity contribution in [3.05, 3.63) is 0 Å². The van der Waals surface area contributed by atoms with Gasteiger partial charge in [-0.05, 0) is 13.8 Å². The number of ether oxygens (including phenoxy) is 2. The second-order valence-corrected chi connectivity index (χ2v) is 3.21. The van der Waals surface area contributed by atoms with Crippen molar-refractivity contribution in [2.75, 3.05) is 13.7 Å². The zero-order valence-electron chi connectivity index (χ0n) is 7.22. The first-order chi connectivity index (χ1) is 5.40. The van der Waals surface area contributed by atoms with E-state index >= 15 is 0 Å². The quantitative estimate of drug-likeness (QED) is 0.506. The lowest BCUT2D eigenvalue weighted by Crippen LogP contribution is -2.31. The van der Waals surface area contributed by atoms with Gasteiger partial charge < -0.3 is 9.47 Å². The molecule has 0 radical (unpaired) electrons. The number of hydrogen-bond acceptors (Lipinski definition) is 4. The van der Waals surface area contributed by atoms with Gasteiger partial charge in [-0.25, -0.2) is 4.79 Å². The zero-order valence-corrected chi connectivity index (χ0v) is 7.97. The van der Waals surface area contributed by atoms with Gasteiger partial charge in [-0.3, -0.25) is 4.79 Å². The van der Waals surface area contributed by atoms with Crippen molar-refractivity contribution in [1.82, 2.24) is 0 Å². The van der Waals surface area contributed by atoms with Gasteiger partial charge in [0.15, 0.2) is 0 Å². The van der Waals surface area contributed by atoms with Gasteiger partial charge in [0.05, 0.1) is 12.5 Å². The van der Waals surface area contributed by atoms with Crippen LogP contribution in [-0.4, -0.2) is 25.1 Å². The summed E-state index contributed by atoms with van der Waals surface area (Å²) in [5, 5.41) is 0. The monoisotopic (exact) mass is 194 g/mol. The number of halogens is 1.